The molecule has 0 spiro atoms. The smallest absolute Gasteiger partial charge is 0.292 e. The molecule has 13 heavy (non-hydrogen) atoms. The SMILES string of the molecule is [N-]=[N+]=C1C=C2CCCCCC2CC1. The van der Waals surface area contributed by atoms with Crippen molar-refractivity contribution in [3.8, 4) is 0 Å². The van der Waals surface area contributed by atoms with Crippen molar-refractivity contribution < 1.29 is 4.79 Å². The van der Waals surface area contributed by atoms with Gasteiger partial charge in [-0.1, -0.05) is 18.4 Å². The minimum atomic E-state index is 0.799. The second-order valence-electron chi connectivity index (χ2n) is 4.15. The monoisotopic (exact) mass is 176 g/mol. The summed E-state index contributed by atoms with van der Waals surface area (Å²) in [6.07, 6.45) is 10.9. The minimum Gasteiger partial charge on any atom is -0.361 e. The van der Waals surface area contributed by atoms with E-state index in [2.05, 4.69) is 10.9 Å². The lowest BCUT2D eigenvalue weighted by Crippen LogP contribution is -2.13. The fraction of sp³-hybridized carbons (Fsp3) is 0.727. The van der Waals surface area contributed by atoms with Crippen LogP contribution in [0.1, 0.15) is 44.9 Å². The second-order valence-corrected chi connectivity index (χ2v) is 4.15. The van der Waals surface area contributed by atoms with Gasteiger partial charge >= 0.3 is 0 Å². The van der Waals surface area contributed by atoms with Crippen molar-refractivity contribution in [2.45, 2.75) is 44.9 Å². The van der Waals surface area contributed by atoms with E-state index in [-0.39, 0.29) is 0 Å². The Balaban J connectivity index is 2.20. The Morgan fingerprint density at radius 2 is 2.08 bits per heavy atom. The molecule has 0 amide bonds. The van der Waals surface area contributed by atoms with E-state index in [1.54, 1.807) is 0 Å². The highest BCUT2D eigenvalue weighted by Gasteiger charge is 2.24. The number of fused-ring (bicyclic) bond motifs is 1. The summed E-state index contributed by atoms with van der Waals surface area (Å²) < 4.78 is 0. The van der Waals surface area contributed by atoms with E-state index in [0.29, 0.717) is 0 Å². The molecule has 2 rings (SSSR count). The van der Waals surface area contributed by atoms with Gasteiger partial charge in [0.15, 0.2) is 0 Å². The van der Waals surface area contributed by atoms with E-state index in [1.165, 1.54) is 44.1 Å². The molecule has 0 N–H and O–H groups in total. The van der Waals surface area contributed by atoms with Crippen molar-refractivity contribution in [3.63, 3.8) is 0 Å². The van der Waals surface area contributed by atoms with Crippen LogP contribution in [0.25, 0.3) is 5.53 Å². The summed E-state index contributed by atoms with van der Waals surface area (Å²) in [5.41, 5.74) is 11.1. The van der Waals surface area contributed by atoms with Gasteiger partial charge in [-0.2, -0.15) is 4.79 Å². The van der Waals surface area contributed by atoms with Crippen LogP contribution in [0.15, 0.2) is 11.6 Å². The molecule has 1 fully saturated rings. The standard InChI is InChI=1S/C11H16N2/c12-13-11-7-6-9-4-2-1-3-5-10(9)8-11/h8-9H,1-7H2. The van der Waals surface area contributed by atoms with Gasteiger partial charge < -0.3 is 5.53 Å². The molecule has 1 saturated carbocycles. The van der Waals surface area contributed by atoms with Crippen molar-refractivity contribution >= 4 is 5.71 Å². The van der Waals surface area contributed by atoms with Gasteiger partial charge in [-0.05, 0) is 31.6 Å². The number of hydrogen-bond donors (Lipinski definition) is 0. The van der Waals surface area contributed by atoms with E-state index in [9.17, 15) is 0 Å². The molecule has 0 bridgehead atoms. The van der Waals surface area contributed by atoms with Crippen LogP contribution in [0.4, 0.5) is 0 Å². The molecule has 1 unspecified atom stereocenters. The van der Waals surface area contributed by atoms with Crippen LogP contribution in [0.5, 0.6) is 0 Å². The molecule has 0 aromatic rings. The Morgan fingerprint density at radius 1 is 1.15 bits per heavy atom. The minimum absolute atomic E-state index is 0.799. The maximum atomic E-state index is 8.69. The average Bonchev–Trinajstić information content (AvgIpc) is 2.41. The first-order valence-electron chi connectivity index (χ1n) is 5.31. The van der Waals surface area contributed by atoms with Crippen LogP contribution in [-0.2, 0) is 0 Å². The Morgan fingerprint density at radius 3 is 2.92 bits per heavy atom. The second kappa shape index (κ2) is 3.89. The molecule has 0 saturated heterocycles. The lowest BCUT2D eigenvalue weighted by Gasteiger charge is -2.19. The summed E-state index contributed by atoms with van der Waals surface area (Å²) in [6.45, 7) is 0. The Bertz CT molecular complexity index is 272. The maximum absolute atomic E-state index is 8.69. The van der Waals surface area contributed by atoms with Gasteiger partial charge in [0.05, 0.1) is 0 Å². The fourth-order valence-electron chi connectivity index (χ4n) is 2.49. The lowest BCUT2D eigenvalue weighted by atomic mass is 9.84. The number of nitrogens with zero attached hydrogens (tertiary/aromatic N) is 2. The third-order valence-corrected chi connectivity index (χ3v) is 3.27. The molecule has 0 aliphatic heterocycles. The van der Waals surface area contributed by atoms with Crippen LogP contribution in [-0.4, -0.2) is 10.5 Å². The third kappa shape index (κ3) is 1.89. The van der Waals surface area contributed by atoms with Crippen molar-refractivity contribution in [3.05, 3.63) is 17.2 Å². The van der Waals surface area contributed by atoms with Crippen molar-refractivity contribution in [1.82, 2.24) is 0 Å². The normalized spacial score (nSPS) is 28.5. The molecule has 2 aliphatic carbocycles. The zero-order valence-electron chi connectivity index (χ0n) is 8.00. The fourth-order valence-corrected chi connectivity index (χ4v) is 2.49. The molecule has 2 nitrogen and oxygen atoms in total. The van der Waals surface area contributed by atoms with Crippen LogP contribution < -0.4 is 0 Å². The predicted molar refractivity (Wildman–Crippen MR) is 52.5 cm³/mol. The highest BCUT2D eigenvalue weighted by molar-refractivity contribution is 5.91. The highest BCUT2D eigenvalue weighted by Crippen LogP contribution is 2.34. The van der Waals surface area contributed by atoms with E-state index in [0.717, 1.165) is 18.1 Å². The summed E-state index contributed by atoms with van der Waals surface area (Å²) in [6, 6.07) is 0. The van der Waals surface area contributed by atoms with Crippen LogP contribution in [0, 0.1) is 5.92 Å². The molecular formula is C11H16N2. The van der Waals surface area contributed by atoms with E-state index < -0.39 is 0 Å². The number of allylic oxidation sites excluding steroid dienone is 2. The number of hydrogen-bond acceptors (Lipinski definition) is 0. The third-order valence-electron chi connectivity index (χ3n) is 3.27. The summed E-state index contributed by atoms with van der Waals surface area (Å²) in [5, 5.41) is 0. The Hall–Kier alpha value is -0.880. The van der Waals surface area contributed by atoms with Crippen LogP contribution in [0.3, 0.4) is 0 Å². The Kier molecular flexibility index (Phi) is 2.60. The van der Waals surface area contributed by atoms with Crippen molar-refractivity contribution in [2.24, 2.45) is 5.92 Å². The Labute approximate surface area is 79.3 Å². The van der Waals surface area contributed by atoms with Gasteiger partial charge in [0.2, 0.25) is 0 Å². The molecule has 0 aromatic carbocycles. The largest absolute Gasteiger partial charge is 0.361 e. The predicted octanol–water partition coefficient (Wildman–Crippen LogP) is 2.96. The quantitative estimate of drug-likeness (QED) is 0.402. The van der Waals surface area contributed by atoms with Gasteiger partial charge in [0.25, 0.3) is 5.71 Å². The molecule has 2 aliphatic rings. The molecule has 0 heterocycles. The van der Waals surface area contributed by atoms with Crippen molar-refractivity contribution in [1.29, 1.82) is 0 Å². The molecular weight excluding hydrogens is 160 g/mol. The summed E-state index contributed by atoms with van der Waals surface area (Å²) in [7, 11) is 0. The van der Waals surface area contributed by atoms with Gasteiger partial charge in [-0.3, -0.25) is 0 Å². The molecule has 2 heteroatoms. The average molecular weight is 176 g/mol. The van der Waals surface area contributed by atoms with Gasteiger partial charge in [-0.25, -0.2) is 0 Å². The molecule has 1 atom stereocenters. The zero-order chi connectivity index (χ0) is 9.10. The molecule has 0 radical (unpaired) electrons. The van der Waals surface area contributed by atoms with E-state index in [1.807, 2.05) is 0 Å². The summed E-state index contributed by atoms with van der Waals surface area (Å²) in [4.78, 5) is 3.31. The molecule has 70 valence electrons. The molecule has 0 aromatic heterocycles. The van der Waals surface area contributed by atoms with Gasteiger partial charge in [0, 0.05) is 12.5 Å². The highest BCUT2D eigenvalue weighted by atomic mass is 14.9. The maximum Gasteiger partial charge on any atom is 0.292 e. The van der Waals surface area contributed by atoms with Gasteiger partial charge in [0.1, 0.15) is 0 Å². The summed E-state index contributed by atoms with van der Waals surface area (Å²) >= 11 is 0. The van der Waals surface area contributed by atoms with Crippen LogP contribution >= 0.6 is 0 Å². The summed E-state index contributed by atoms with van der Waals surface area (Å²) in [5.74, 6) is 0.799. The number of rotatable bonds is 0. The first-order chi connectivity index (χ1) is 6.40. The van der Waals surface area contributed by atoms with Gasteiger partial charge in [-0.15, -0.1) is 0 Å². The van der Waals surface area contributed by atoms with E-state index in [4.69, 9.17) is 5.53 Å². The van der Waals surface area contributed by atoms with Crippen LogP contribution in [0.2, 0.25) is 0 Å². The van der Waals surface area contributed by atoms with Crippen molar-refractivity contribution in [2.75, 3.05) is 0 Å². The zero-order valence-corrected chi connectivity index (χ0v) is 8.00. The first kappa shape index (κ1) is 8.71. The lowest BCUT2D eigenvalue weighted by molar-refractivity contribution is -0.00735. The first-order valence-corrected chi connectivity index (χ1v) is 5.31. The van der Waals surface area contributed by atoms with E-state index >= 15 is 0 Å². The topological polar surface area (TPSA) is 36.4 Å².